The standard InChI is InChI=1S/C20H26N4O3/c1-20(2,3)17(23-19(26)27-4)18(25)24-22-13-14-5-7-15(8-6-14)16-9-11-21-12-10-16/h5-12,17,22H,13H2,1-4H3,(H,23,26)(H,24,25). The fraction of sp³-hybridized carbons (Fsp3) is 0.350. The van der Waals surface area contributed by atoms with Crippen LogP contribution >= 0.6 is 0 Å². The van der Waals surface area contributed by atoms with E-state index < -0.39 is 17.6 Å². The van der Waals surface area contributed by atoms with Crippen LogP contribution in [0.25, 0.3) is 11.1 Å². The number of methoxy groups -OCH3 is 1. The molecular formula is C20H26N4O3. The fourth-order valence-electron chi connectivity index (χ4n) is 2.52. The Kier molecular flexibility index (Phi) is 6.90. The number of pyridine rings is 1. The molecule has 27 heavy (non-hydrogen) atoms. The third kappa shape index (κ3) is 6.07. The van der Waals surface area contributed by atoms with Gasteiger partial charge in [0.15, 0.2) is 0 Å². The Morgan fingerprint density at radius 1 is 1.04 bits per heavy atom. The number of hydrogen-bond acceptors (Lipinski definition) is 5. The van der Waals surface area contributed by atoms with Gasteiger partial charge in [0, 0.05) is 18.9 Å². The summed E-state index contributed by atoms with van der Waals surface area (Å²) in [6.45, 7) is 6.05. The van der Waals surface area contributed by atoms with Gasteiger partial charge >= 0.3 is 6.09 Å². The molecule has 7 nitrogen and oxygen atoms in total. The van der Waals surface area contributed by atoms with E-state index in [-0.39, 0.29) is 5.91 Å². The Labute approximate surface area is 159 Å². The highest BCUT2D eigenvalue weighted by Gasteiger charge is 2.33. The number of amides is 2. The first-order chi connectivity index (χ1) is 12.8. The molecule has 144 valence electrons. The van der Waals surface area contributed by atoms with Crippen LogP contribution in [0.5, 0.6) is 0 Å². The minimum absolute atomic E-state index is 0.332. The van der Waals surface area contributed by atoms with E-state index in [1.807, 2.05) is 57.2 Å². The van der Waals surface area contributed by atoms with Crippen molar-refractivity contribution in [1.29, 1.82) is 0 Å². The lowest BCUT2D eigenvalue weighted by Gasteiger charge is -2.29. The van der Waals surface area contributed by atoms with Crippen LogP contribution in [0.3, 0.4) is 0 Å². The highest BCUT2D eigenvalue weighted by molar-refractivity contribution is 5.86. The summed E-state index contributed by atoms with van der Waals surface area (Å²) in [5.41, 5.74) is 8.29. The molecular weight excluding hydrogens is 344 g/mol. The minimum atomic E-state index is -0.730. The van der Waals surface area contributed by atoms with Gasteiger partial charge in [-0.25, -0.2) is 10.2 Å². The maximum Gasteiger partial charge on any atom is 0.407 e. The van der Waals surface area contributed by atoms with Crippen molar-refractivity contribution in [3.8, 4) is 11.1 Å². The number of rotatable bonds is 6. The molecule has 2 aromatic rings. The average molecular weight is 370 g/mol. The lowest BCUT2D eigenvalue weighted by atomic mass is 9.86. The number of carbonyl (C=O) groups is 2. The van der Waals surface area contributed by atoms with Crippen molar-refractivity contribution < 1.29 is 14.3 Å². The lowest BCUT2D eigenvalue weighted by molar-refractivity contribution is -0.126. The Hall–Kier alpha value is -2.93. The number of aromatic nitrogens is 1. The van der Waals surface area contributed by atoms with Crippen LogP contribution in [-0.4, -0.2) is 30.1 Å². The van der Waals surface area contributed by atoms with Crippen LogP contribution in [0.15, 0.2) is 48.8 Å². The van der Waals surface area contributed by atoms with E-state index in [2.05, 4.69) is 25.9 Å². The Balaban J connectivity index is 1.90. The van der Waals surface area contributed by atoms with Gasteiger partial charge in [0.1, 0.15) is 6.04 Å². The number of nitrogens with one attached hydrogen (secondary N) is 3. The van der Waals surface area contributed by atoms with Crippen molar-refractivity contribution in [3.05, 3.63) is 54.4 Å². The second-order valence-electron chi connectivity index (χ2n) is 7.21. The molecule has 1 atom stereocenters. The maximum atomic E-state index is 12.4. The lowest BCUT2D eigenvalue weighted by Crippen LogP contribution is -2.56. The molecule has 0 aliphatic carbocycles. The number of nitrogens with zero attached hydrogens (tertiary/aromatic N) is 1. The molecule has 2 rings (SSSR count). The van der Waals surface area contributed by atoms with Gasteiger partial charge in [-0.3, -0.25) is 15.2 Å². The molecule has 0 bridgehead atoms. The zero-order chi connectivity index (χ0) is 19.9. The van der Waals surface area contributed by atoms with Gasteiger partial charge in [-0.2, -0.15) is 0 Å². The zero-order valence-corrected chi connectivity index (χ0v) is 16.1. The summed E-state index contributed by atoms with van der Waals surface area (Å²) in [6, 6.07) is 11.2. The SMILES string of the molecule is COC(=O)NC(C(=O)NNCc1ccc(-c2ccncc2)cc1)C(C)(C)C. The van der Waals surface area contributed by atoms with E-state index in [1.54, 1.807) is 12.4 Å². The Morgan fingerprint density at radius 2 is 1.63 bits per heavy atom. The predicted molar refractivity (Wildman–Crippen MR) is 103 cm³/mol. The molecule has 1 unspecified atom stereocenters. The third-order valence-electron chi connectivity index (χ3n) is 4.05. The number of benzene rings is 1. The van der Waals surface area contributed by atoms with Crippen molar-refractivity contribution >= 4 is 12.0 Å². The highest BCUT2D eigenvalue weighted by atomic mass is 16.5. The molecule has 7 heteroatoms. The van der Waals surface area contributed by atoms with Crippen LogP contribution in [-0.2, 0) is 16.1 Å². The van der Waals surface area contributed by atoms with E-state index in [4.69, 9.17) is 0 Å². The van der Waals surface area contributed by atoms with E-state index in [0.717, 1.165) is 16.7 Å². The van der Waals surface area contributed by atoms with Crippen molar-refractivity contribution in [2.75, 3.05) is 7.11 Å². The van der Waals surface area contributed by atoms with Crippen molar-refractivity contribution in [3.63, 3.8) is 0 Å². The molecule has 0 saturated heterocycles. The van der Waals surface area contributed by atoms with E-state index in [0.29, 0.717) is 6.54 Å². The first-order valence-electron chi connectivity index (χ1n) is 8.68. The second kappa shape index (κ2) is 9.14. The average Bonchev–Trinajstić information content (AvgIpc) is 2.66. The van der Waals surface area contributed by atoms with Crippen LogP contribution < -0.4 is 16.2 Å². The fourth-order valence-corrected chi connectivity index (χ4v) is 2.52. The Morgan fingerprint density at radius 3 is 2.19 bits per heavy atom. The smallest absolute Gasteiger partial charge is 0.407 e. The molecule has 0 fully saturated rings. The summed E-state index contributed by atoms with van der Waals surface area (Å²) in [7, 11) is 1.26. The minimum Gasteiger partial charge on any atom is -0.453 e. The van der Waals surface area contributed by atoms with Crippen LogP contribution in [0.2, 0.25) is 0 Å². The topological polar surface area (TPSA) is 92.3 Å². The normalized spacial score (nSPS) is 12.1. The number of hydrogen-bond donors (Lipinski definition) is 3. The first-order valence-corrected chi connectivity index (χ1v) is 8.68. The molecule has 3 N–H and O–H groups in total. The zero-order valence-electron chi connectivity index (χ0n) is 16.1. The van der Waals surface area contributed by atoms with Crippen LogP contribution in [0, 0.1) is 5.41 Å². The van der Waals surface area contributed by atoms with Crippen molar-refractivity contribution in [2.24, 2.45) is 5.41 Å². The molecule has 0 radical (unpaired) electrons. The van der Waals surface area contributed by atoms with Crippen molar-refractivity contribution in [1.82, 2.24) is 21.2 Å². The molecule has 1 aromatic heterocycles. The van der Waals surface area contributed by atoms with E-state index in [1.165, 1.54) is 7.11 Å². The van der Waals surface area contributed by atoms with Gasteiger partial charge in [-0.05, 0) is 34.2 Å². The van der Waals surface area contributed by atoms with Gasteiger partial charge in [0.25, 0.3) is 5.91 Å². The maximum absolute atomic E-state index is 12.4. The van der Waals surface area contributed by atoms with Gasteiger partial charge < -0.3 is 10.1 Å². The summed E-state index contributed by atoms with van der Waals surface area (Å²) >= 11 is 0. The van der Waals surface area contributed by atoms with Gasteiger partial charge in [-0.1, -0.05) is 45.0 Å². The number of alkyl carbamates (subject to hydrolysis) is 1. The quantitative estimate of drug-likeness (QED) is 0.680. The second-order valence-corrected chi connectivity index (χ2v) is 7.21. The highest BCUT2D eigenvalue weighted by Crippen LogP contribution is 2.20. The monoisotopic (exact) mass is 370 g/mol. The molecule has 1 aromatic carbocycles. The van der Waals surface area contributed by atoms with Gasteiger partial charge in [0.2, 0.25) is 0 Å². The van der Waals surface area contributed by atoms with Crippen LogP contribution in [0.4, 0.5) is 4.79 Å². The molecule has 0 saturated carbocycles. The molecule has 0 aliphatic rings. The van der Waals surface area contributed by atoms with Gasteiger partial charge in [0.05, 0.1) is 7.11 Å². The number of ether oxygens (including phenoxy) is 1. The first kappa shape index (κ1) is 20.4. The third-order valence-corrected chi connectivity index (χ3v) is 4.05. The predicted octanol–water partition coefficient (Wildman–Crippen LogP) is 2.64. The van der Waals surface area contributed by atoms with E-state index in [9.17, 15) is 9.59 Å². The van der Waals surface area contributed by atoms with E-state index >= 15 is 0 Å². The molecule has 2 amide bonds. The van der Waals surface area contributed by atoms with Crippen LogP contribution in [0.1, 0.15) is 26.3 Å². The Bertz CT molecular complexity index is 755. The summed E-state index contributed by atoms with van der Waals surface area (Å²) in [5.74, 6) is -0.332. The number of hydrazine groups is 1. The summed E-state index contributed by atoms with van der Waals surface area (Å²) < 4.78 is 4.59. The largest absolute Gasteiger partial charge is 0.453 e. The number of carbonyl (C=O) groups excluding carboxylic acids is 2. The summed E-state index contributed by atoms with van der Waals surface area (Å²) in [5, 5.41) is 2.56. The summed E-state index contributed by atoms with van der Waals surface area (Å²) in [6.07, 6.45) is 2.87. The van der Waals surface area contributed by atoms with Gasteiger partial charge in [-0.15, -0.1) is 0 Å². The summed E-state index contributed by atoms with van der Waals surface area (Å²) in [4.78, 5) is 27.9. The molecule has 1 heterocycles. The molecule has 0 spiro atoms. The van der Waals surface area contributed by atoms with Crippen molar-refractivity contribution in [2.45, 2.75) is 33.4 Å². The molecule has 0 aliphatic heterocycles.